The van der Waals surface area contributed by atoms with E-state index in [2.05, 4.69) is 37.2 Å². The Labute approximate surface area is 225 Å². The second-order valence-electron chi connectivity index (χ2n) is 8.11. The number of para-hydroxylation sites is 2. The van der Waals surface area contributed by atoms with E-state index in [-0.39, 0.29) is 29.7 Å². The van der Waals surface area contributed by atoms with Crippen LogP contribution in [-0.2, 0) is 13.9 Å². The zero-order valence-electron chi connectivity index (χ0n) is 18.7. The van der Waals surface area contributed by atoms with Crippen LogP contribution in [0.5, 0.6) is 11.5 Å². The van der Waals surface area contributed by atoms with Gasteiger partial charge in [0.15, 0.2) is 0 Å². The summed E-state index contributed by atoms with van der Waals surface area (Å²) in [5.41, 5.74) is 0.669. The number of carbonyl (C=O) groups excluding carboxylic acids is 1. The molecule has 1 fully saturated rings. The number of phosphoric ester groups is 1. The number of phosphoric acid groups is 1. The average Bonchev–Trinajstić information content (AvgIpc) is 2.96. The van der Waals surface area contributed by atoms with Gasteiger partial charge in [-0.05, 0) is 37.1 Å². The van der Waals surface area contributed by atoms with Crippen molar-refractivity contribution >= 4 is 51.0 Å². The third-order valence-electron chi connectivity index (χ3n) is 5.68. The third-order valence-corrected chi connectivity index (χ3v) is 6.97. The van der Waals surface area contributed by atoms with Crippen LogP contribution in [0.3, 0.4) is 0 Å². The average molecular weight is 808 g/mol. The molecule has 2 aliphatic heterocycles. The van der Waals surface area contributed by atoms with Crippen molar-refractivity contribution in [2.45, 2.75) is 33.7 Å². The number of rotatable bonds is 7. The summed E-state index contributed by atoms with van der Waals surface area (Å²) in [7, 11) is -4.07. The Hall–Kier alpha value is -0.530. The maximum atomic E-state index is 13.7. The first kappa shape index (κ1) is 27.1. The molecule has 0 radical (unpaired) electrons. The number of carbonyl (C=O) groups is 1. The van der Waals surface area contributed by atoms with Gasteiger partial charge in [-0.15, -0.1) is 0 Å². The van der Waals surface area contributed by atoms with Gasteiger partial charge >= 0.3 is 58.3 Å². The van der Waals surface area contributed by atoms with E-state index in [4.69, 9.17) is 13.6 Å². The number of benzene rings is 2. The van der Waals surface area contributed by atoms with E-state index < -0.39 is 7.82 Å². The fraction of sp³-hybridized carbons (Fsp3) is 0.348. The zero-order valence-corrected chi connectivity index (χ0v) is 26.0. The second kappa shape index (κ2) is 11.9. The molecule has 2 aliphatic rings. The molecule has 0 N–H and O–H groups in total. The van der Waals surface area contributed by atoms with Crippen LogP contribution in [0.25, 0.3) is 0 Å². The molecule has 10 heteroatoms. The van der Waals surface area contributed by atoms with Crippen LogP contribution in [0.4, 0.5) is 0 Å². The number of allylic oxidation sites excluding steroid dienone is 1. The summed E-state index contributed by atoms with van der Waals surface area (Å²) in [6.45, 7) is 7.89. The predicted octanol–water partition coefficient (Wildman–Crippen LogP) is 4.41. The van der Waals surface area contributed by atoms with Crippen LogP contribution in [0, 0.1) is 17.8 Å². The summed E-state index contributed by atoms with van der Waals surface area (Å²) < 4.78 is 31.2. The molecular formula is C23H26I3NO5P-. The summed E-state index contributed by atoms with van der Waals surface area (Å²) >= 11 is 5.30. The minimum absolute atomic E-state index is 0.00870. The summed E-state index contributed by atoms with van der Waals surface area (Å²) in [6.07, 6.45) is 0. The molecule has 6 nitrogen and oxygen atoms in total. The Balaban J connectivity index is 0.000000968. The zero-order chi connectivity index (χ0) is 24.2. The van der Waals surface area contributed by atoms with E-state index >= 15 is 0 Å². The van der Waals surface area contributed by atoms with Crippen LogP contribution in [-0.4, -0.2) is 16.8 Å². The monoisotopic (exact) mass is 808 g/mol. The molecule has 2 aromatic carbocycles. The van der Waals surface area contributed by atoms with Crippen LogP contribution < -0.4 is 22.3 Å². The fourth-order valence-corrected chi connectivity index (χ4v) is 5.70. The van der Waals surface area contributed by atoms with Gasteiger partial charge in [0.05, 0.1) is 17.7 Å². The van der Waals surface area contributed by atoms with Crippen molar-refractivity contribution in [2.75, 3.05) is 0 Å². The molecule has 2 aromatic rings. The molecule has 0 bridgehead atoms. The van der Waals surface area contributed by atoms with Gasteiger partial charge in [-0.25, -0.2) is 0 Å². The van der Waals surface area contributed by atoms with Crippen molar-refractivity contribution in [3.8, 4) is 11.5 Å². The van der Waals surface area contributed by atoms with Crippen LogP contribution in [0.1, 0.15) is 27.7 Å². The first-order valence-corrected chi connectivity index (χ1v) is 24.5. The molecule has 33 heavy (non-hydrogen) atoms. The molecule has 0 aromatic heterocycles. The number of β-lactam (4-membered cyclic amide) rings is 1. The van der Waals surface area contributed by atoms with Crippen molar-refractivity contribution in [1.29, 1.82) is 0 Å². The van der Waals surface area contributed by atoms with E-state index in [1.165, 1.54) is 0 Å². The molecule has 2 heterocycles. The molecule has 180 valence electrons. The number of halogens is 3. The van der Waals surface area contributed by atoms with Crippen LogP contribution in [0.2, 0.25) is 0 Å². The summed E-state index contributed by atoms with van der Waals surface area (Å²) in [5.74, 6) is 1.36. The van der Waals surface area contributed by atoms with Crippen molar-refractivity contribution in [2.24, 2.45) is 17.8 Å². The molecule has 0 spiro atoms. The van der Waals surface area contributed by atoms with Gasteiger partial charge in [-0.3, -0.25) is 4.79 Å². The number of nitrogens with zero attached hydrogens (tertiary/aromatic N) is 1. The van der Waals surface area contributed by atoms with Gasteiger partial charge < -0.3 is 18.5 Å². The van der Waals surface area contributed by atoms with Gasteiger partial charge in [0.2, 0.25) is 5.91 Å². The molecule has 4 rings (SSSR count). The standard InChI is InChI=1S/C23H26NO5P.I3/c1-15(2)20-21-16(3)22(17(4)24(21)23(20)25)29-30(26,27-18-11-7-5-8-12-18)28-19-13-9-6-10-14-19;1-3-2/h5-16,20-21H,1-4H3;/q;-1/t16-,20-,21-;/m1./s1. The minimum atomic E-state index is -4.07. The molecule has 0 unspecified atom stereocenters. The maximum absolute atomic E-state index is 13.7. The number of fused-ring (bicyclic) bond motifs is 1. The van der Waals surface area contributed by atoms with Crippen LogP contribution >= 0.6 is 45.1 Å². The second-order valence-corrected chi connectivity index (χ2v) is 25.8. The van der Waals surface area contributed by atoms with E-state index in [0.29, 0.717) is 36.2 Å². The fourth-order valence-electron chi connectivity index (χ4n) is 4.28. The molecule has 1 saturated heterocycles. The first-order chi connectivity index (χ1) is 15.7. The summed E-state index contributed by atoms with van der Waals surface area (Å²) in [5, 5.41) is 0. The predicted molar refractivity (Wildman–Crippen MR) is 142 cm³/mol. The summed E-state index contributed by atoms with van der Waals surface area (Å²) in [4.78, 5) is 14.4. The number of hydrogen-bond donors (Lipinski definition) is 0. The van der Waals surface area contributed by atoms with Crippen LogP contribution in [0.15, 0.2) is 72.1 Å². The van der Waals surface area contributed by atoms with Crippen molar-refractivity contribution in [3.05, 3.63) is 72.1 Å². The number of amides is 1. The molecule has 3 atom stereocenters. The molecule has 0 aliphatic carbocycles. The van der Waals surface area contributed by atoms with Gasteiger partial charge in [-0.2, -0.15) is 4.57 Å². The Bertz CT molecular complexity index is 989. The van der Waals surface area contributed by atoms with Gasteiger partial charge in [0, 0.05) is 5.92 Å². The Morgan fingerprint density at radius 3 is 1.82 bits per heavy atom. The van der Waals surface area contributed by atoms with Crippen molar-refractivity contribution in [3.63, 3.8) is 0 Å². The Morgan fingerprint density at radius 1 is 0.939 bits per heavy atom. The summed E-state index contributed by atoms with van der Waals surface area (Å²) in [6, 6.07) is 17.6. The Morgan fingerprint density at radius 2 is 1.39 bits per heavy atom. The third kappa shape index (κ3) is 6.19. The number of hydrogen-bond acceptors (Lipinski definition) is 5. The molecule has 1 amide bonds. The topological polar surface area (TPSA) is 65.1 Å². The van der Waals surface area contributed by atoms with Crippen molar-refractivity contribution in [1.82, 2.24) is 4.90 Å². The van der Waals surface area contributed by atoms with Gasteiger partial charge in [0.25, 0.3) is 0 Å². The first-order valence-electron chi connectivity index (χ1n) is 10.4. The van der Waals surface area contributed by atoms with E-state index in [9.17, 15) is 9.36 Å². The van der Waals surface area contributed by atoms with Gasteiger partial charge in [0.1, 0.15) is 17.3 Å². The molecular weight excluding hydrogens is 782 g/mol. The van der Waals surface area contributed by atoms with E-state index in [1.807, 2.05) is 39.8 Å². The van der Waals surface area contributed by atoms with E-state index in [1.54, 1.807) is 53.4 Å². The Kier molecular flexibility index (Phi) is 9.79. The SMILES string of the molecule is CC1=C(OP(=O)(Oc2ccccc2)Oc2ccccc2)[C@H](C)[C@@H]2[C@@H](C(C)C)C(=O)N12.I[I-]I. The van der Waals surface area contributed by atoms with E-state index in [0.717, 1.165) is 0 Å². The quantitative estimate of drug-likeness (QED) is 0.236. The van der Waals surface area contributed by atoms with Gasteiger partial charge in [-0.1, -0.05) is 57.2 Å². The normalized spacial score (nSPS) is 21.8. The van der Waals surface area contributed by atoms with Crippen molar-refractivity contribution < 1.29 is 36.2 Å². The molecule has 0 saturated carbocycles.